The van der Waals surface area contributed by atoms with Crippen molar-refractivity contribution in [3.63, 3.8) is 0 Å². The van der Waals surface area contributed by atoms with Gasteiger partial charge in [0.25, 0.3) is 0 Å². The summed E-state index contributed by atoms with van der Waals surface area (Å²) in [6.45, 7) is 1.85. The summed E-state index contributed by atoms with van der Waals surface area (Å²) >= 11 is 0. The van der Waals surface area contributed by atoms with Crippen LogP contribution in [-0.4, -0.2) is 31.4 Å². The Balaban J connectivity index is 1.29. The van der Waals surface area contributed by atoms with Crippen LogP contribution in [0.3, 0.4) is 0 Å². The molecule has 4 rings (SSSR count). The molecule has 3 aromatic rings. The van der Waals surface area contributed by atoms with Gasteiger partial charge in [0.15, 0.2) is 0 Å². The highest BCUT2D eigenvalue weighted by atomic mass is 32.2. The molecule has 0 saturated heterocycles. The normalized spacial score (nSPS) is 18.5. The minimum absolute atomic E-state index is 0.0508. The van der Waals surface area contributed by atoms with E-state index >= 15 is 0 Å². The van der Waals surface area contributed by atoms with Crippen LogP contribution in [0.1, 0.15) is 49.8 Å². The van der Waals surface area contributed by atoms with Crippen LogP contribution in [0.25, 0.3) is 11.1 Å². The average Bonchev–Trinajstić information content (AvgIpc) is 2.89. The number of carboxylic acid groups (broad SMARTS) is 1. The van der Waals surface area contributed by atoms with Crippen molar-refractivity contribution in [2.45, 2.75) is 56.0 Å². The summed E-state index contributed by atoms with van der Waals surface area (Å²) < 4.78 is 41.9. The molecule has 0 aromatic heterocycles. The molecule has 1 saturated carbocycles. The second kappa shape index (κ2) is 11.9. The molecule has 9 heteroatoms. The van der Waals surface area contributed by atoms with Gasteiger partial charge in [0.05, 0.1) is 17.4 Å². The second-order valence-electron chi connectivity index (χ2n) is 9.74. The number of amides is 1. The number of nitrogens with one attached hydrogen (secondary N) is 2. The van der Waals surface area contributed by atoms with E-state index in [1.54, 1.807) is 48.5 Å². The summed E-state index contributed by atoms with van der Waals surface area (Å²) in [5.41, 5.74) is 3.20. The van der Waals surface area contributed by atoms with Crippen LogP contribution in [0.15, 0.2) is 77.7 Å². The molecule has 1 atom stereocenters. The number of carbonyl (C=O) groups is 2. The summed E-state index contributed by atoms with van der Waals surface area (Å²) in [5.74, 6) is -1.49. The molecule has 38 heavy (non-hydrogen) atoms. The molecule has 0 heterocycles. The maximum atomic E-state index is 13.1. The molecular formula is C29H31FN2O5S. The van der Waals surface area contributed by atoms with E-state index in [1.807, 2.05) is 19.1 Å². The predicted octanol–water partition coefficient (Wildman–Crippen LogP) is 4.83. The van der Waals surface area contributed by atoms with Crippen LogP contribution in [-0.2, 0) is 26.0 Å². The number of rotatable bonds is 9. The SMILES string of the molecule is C[C@@H](NC(=O)[C@H]1CC[C@H](NS(=O)(=O)c2ccc(-c3ccc(CC(=O)O)cc3)cc2)CC1)c1ccc(F)cc1. The Kier molecular flexibility index (Phi) is 8.58. The monoisotopic (exact) mass is 538 g/mol. The van der Waals surface area contributed by atoms with Crippen LogP contribution in [0.2, 0.25) is 0 Å². The molecule has 0 radical (unpaired) electrons. The first-order valence-electron chi connectivity index (χ1n) is 12.6. The van der Waals surface area contributed by atoms with E-state index < -0.39 is 16.0 Å². The molecule has 3 N–H and O–H groups in total. The Morgan fingerprint density at radius 1 is 0.895 bits per heavy atom. The fourth-order valence-corrected chi connectivity index (χ4v) is 6.05. The average molecular weight is 539 g/mol. The van der Waals surface area contributed by atoms with Crippen LogP contribution >= 0.6 is 0 Å². The summed E-state index contributed by atoms with van der Waals surface area (Å²) in [4.78, 5) is 23.7. The first-order chi connectivity index (χ1) is 18.1. The van der Waals surface area contributed by atoms with Crippen LogP contribution in [0.5, 0.6) is 0 Å². The smallest absolute Gasteiger partial charge is 0.307 e. The molecular weight excluding hydrogens is 507 g/mol. The lowest BCUT2D eigenvalue weighted by atomic mass is 9.85. The van der Waals surface area contributed by atoms with E-state index in [1.165, 1.54) is 12.1 Å². The van der Waals surface area contributed by atoms with E-state index in [0.29, 0.717) is 31.2 Å². The zero-order chi connectivity index (χ0) is 27.3. The molecule has 1 amide bonds. The third-order valence-electron chi connectivity index (χ3n) is 6.96. The van der Waals surface area contributed by atoms with Gasteiger partial charge in [-0.25, -0.2) is 17.5 Å². The molecule has 1 aliphatic carbocycles. The van der Waals surface area contributed by atoms with Gasteiger partial charge in [0.2, 0.25) is 15.9 Å². The van der Waals surface area contributed by atoms with E-state index in [2.05, 4.69) is 10.0 Å². The third-order valence-corrected chi connectivity index (χ3v) is 8.49. The lowest BCUT2D eigenvalue weighted by Crippen LogP contribution is -2.41. The summed E-state index contributed by atoms with van der Waals surface area (Å²) in [6, 6.07) is 19.2. The minimum Gasteiger partial charge on any atom is -0.481 e. The van der Waals surface area contributed by atoms with Crippen molar-refractivity contribution in [3.8, 4) is 11.1 Å². The topological polar surface area (TPSA) is 113 Å². The molecule has 0 unspecified atom stereocenters. The van der Waals surface area contributed by atoms with Gasteiger partial charge in [0, 0.05) is 12.0 Å². The zero-order valence-corrected chi connectivity index (χ0v) is 21.9. The Morgan fingerprint density at radius 2 is 1.45 bits per heavy atom. The first kappa shape index (κ1) is 27.5. The highest BCUT2D eigenvalue weighted by molar-refractivity contribution is 7.89. The number of carbonyl (C=O) groups excluding carboxylic acids is 1. The molecule has 0 bridgehead atoms. The molecule has 200 valence electrons. The van der Waals surface area contributed by atoms with Gasteiger partial charge in [-0.3, -0.25) is 9.59 Å². The molecule has 7 nitrogen and oxygen atoms in total. The van der Waals surface area contributed by atoms with Crippen molar-refractivity contribution in [2.75, 3.05) is 0 Å². The Labute approximate surface area is 222 Å². The number of halogens is 1. The quantitative estimate of drug-likeness (QED) is 0.361. The lowest BCUT2D eigenvalue weighted by Gasteiger charge is -2.29. The standard InChI is InChI=1S/C29H31FN2O5S/c1-19(21-6-12-25(30)13-7-21)31-29(35)24-8-14-26(15-9-24)32-38(36,37)27-16-10-23(11-17-27)22-4-2-20(3-5-22)18-28(33)34/h2-7,10-13,16-17,19,24,26,32H,8-9,14-15,18H2,1H3,(H,31,35)(H,33,34)/t19-,24-,26-/m1/s1. The van der Waals surface area contributed by atoms with E-state index in [0.717, 1.165) is 16.7 Å². The summed E-state index contributed by atoms with van der Waals surface area (Å²) in [5, 5.41) is 11.9. The maximum absolute atomic E-state index is 13.1. The van der Waals surface area contributed by atoms with Gasteiger partial charge in [-0.1, -0.05) is 48.5 Å². The van der Waals surface area contributed by atoms with E-state index in [4.69, 9.17) is 5.11 Å². The minimum atomic E-state index is -3.72. The van der Waals surface area contributed by atoms with Crippen molar-refractivity contribution in [2.24, 2.45) is 5.92 Å². The number of hydrogen-bond acceptors (Lipinski definition) is 4. The van der Waals surface area contributed by atoms with Crippen LogP contribution in [0, 0.1) is 11.7 Å². The van der Waals surface area contributed by atoms with Gasteiger partial charge in [-0.15, -0.1) is 0 Å². The van der Waals surface area contributed by atoms with Crippen molar-refractivity contribution in [1.29, 1.82) is 0 Å². The largest absolute Gasteiger partial charge is 0.481 e. The Morgan fingerprint density at radius 3 is 2.00 bits per heavy atom. The van der Waals surface area contributed by atoms with E-state index in [-0.39, 0.29) is 41.0 Å². The number of benzene rings is 3. The second-order valence-corrected chi connectivity index (χ2v) is 11.5. The number of hydrogen-bond donors (Lipinski definition) is 3. The summed E-state index contributed by atoms with van der Waals surface area (Å²) in [6.07, 6.45) is 2.22. The number of sulfonamides is 1. The molecule has 1 aliphatic rings. The van der Waals surface area contributed by atoms with Gasteiger partial charge in [-0.05, 0) is 79.1 Å². The summed E-state index contributed by atoms with van der Waals surface area (Å²) in [7, 11) is -3.72. The zero-order valence-electron chi connectivity index (χ0n) is 21.1. The molecule has 0 spiro atoms. The lowest BCUT2D eigenvalue weighted by molar-refractivity contribution is -0.136. The molecule has 1 fully saturated rings. The fraction of sp³-hybridized carbons (Fsp3) is 0.310. The van der Waals surface area contributed by atoms with Gasteiger partial charge in [0.1, 0.15) is 5.82 Å². The van der Waals surface area contributed by atoms with Gasteiger partial charge < -0.3 is 10.4 Å². The Bertz CT molecular complexity index is 1370. The highest BCUT2D eigenvalue weighted by Gasteiger charge is 2.29. The van der Waals surface area contributed by atoms with Crippen LogP contribution < -0.4 is 10.0 Å². The number of aliphatic carboxylic acids is 1. The fourth-order valence-electron chi connectivity index (χ4n) is 4.74. The number of carboxylic acids is 1. The maximum Gasteiger partial charge on any atom is 0.307 e. The molecule has 3 aromatic carbocycles. The van der Waals surface area contributed by atoms with Crippen molar-refractivity contribution in [3.05, 3.63) is 89.7 Å². The highest BCUT2D eigenvalue weighted by Crippen LogP contribution is 2.27. The predicted molar refractivity (Wildman–Crippen MR) is 142 cm³/mol. The van der Waals surface area contributed by atoms with Crippen LogP contribution in [0.4, 0.5) is 4.39 Å². The first-order valence-corrected chi connectivity index (χ1v) is 14.1. The van der Waals surface area contributed by atoms with Gasteiger partial charge >= 0.3 is 5.97 Å². The third kappa shape index (κ3) is 7.05. The Hall–Kier alpha value is -3.56. The molecule has 0 aliphatic heterocycles. The van der Waals surface area contributed by atoms with Crippen molar-refractivity contribution >= 4 is 21.9 Å². The van der Waals surface area contributed by atoms with Crippen molar-refractivity contribution < 1.29 is 27.5 Å². The van der Waals surface area contributed by atoms with Crippen molar-refractivity contribution in [1.82, 2.24) is 10.0 Å². The van der Waals surface area contributed by atoms with Gasteiger partial charge in [-0.2, -0.15) is 0 Å². The van der Waals surface area contributed by atoms with E-state index in [9.17, 15) is 22.4 Å².